The first-order valence-electron chi connectivity index (χ1n) is 9.71. The standard InChI is InChI=1S/C18H38N6.HI/c1-5-16-8-6-7-10-24(16)11-9-20-18(19-2)21-14-17-15-22(3)12-13-23(17)4;/h16-17H,5-15H2,1-4H3,(H2,19,20,21);1H. The van der Waals surface area contributed by atoms with Gasteiger partial charge in [-0.25, -0.2) is 0 Å². The lowest BCUT2D eigenvalue weighted by Gasteiger charge is -2.38. The Morgan fingerprint density at radius 3 is 2.60 bits per heavy atom. The molecule has 2 saturated heterocycles. The first-order chi connectivity index (χ1) is 11.6. The minimum Gasteiger partial charge on any atom is -0.355 e. The van der Waals surface area contributed by atoms with Crippen molar-refractivity contribution in [3.05, 3.63) is 0 Å². The Hall–Kier alpha value is -0.120. The lowest BCUT2D eigenvalue weighted by atomic mass is 10.0. The van der Waals surface area contributed by atoms with Gasteiger partial charge in [0, 0.05) is 58.4 Å². The molecule has 0 bridgehead atoms. The second kappa shape index (κ2) is 12.3. The van der Waals surface area contributed by atoms with Gasteiger partial charge in [0.2, 0.25) is 0 Å². The zero-order chi connectivity index (χ0) is 17.4. The van der Waals surface area contributed by atoms with Crippen LogP contribution < -0.4 is 10.6 Å². The minimum atomic E-state index is 0. The topological polar surface area (TPSA) is 46.1 Å². The Kier molecular flexibility index (Phi) is 11.3. The van der Waals surface area contributed by atoms with E-state index in [2.05, 4.69) is 51.3 Å². The van der Waals surface area contributed by atoms with Crippen LogP contribution in [0.4, 0.5) is 0 Å². The molecule has 6 nitrogen and oxygen atoms in total. The number of likely N-dealkylation sites (N-methyl/N-ethyl adjacent to an activating group) is 2. The highest BCUT2D eigenvalue weighted by molar-refractivity contribution is 14.0. The molecule has 2 aliphatic heterocycles. The van der Waals surface area contributed by atoms with Crippen LogP contribution in [0, 0.1) is 0 Å². The molecule has 0 spiro atoms. The summed E-state index contributed by atoms with van der Waals surface area (Å²) in [5.74, 6) is 0.932. The third-order valence-corrected chi connectivity index (χ3v) is 5.62. The summed E-state index contributed by atoms with van der Waals surface area (Å²) >= 11 is 0. The third kappa shape index (κ3) is 7.56. The molecule has 0 aromatic carbocycles. The predicted molar refractivity (Wildman–Crippen MR) is 118 cm³/mol. The van der Waals surface area contributed by atoms with E-state index in [1.165, 1.54) is 32.2 Å². The van der Waals surface area contributed by atoms with E-state index in [1.54, 1.807) is 0 Å². The molecule has 7 heteroatoms. The number of guanidine groups is 1. The molecule has 0 aromatic rings. The van der Waals surface area contributed by atoms with Gasteiger partial charge in [-0.3, -0.25) is 14.8 Å². The maximum absolute atomic E-state index is 4.38. The number of aliphatic imine (C=N–C) groups is 1. The molecule has 2 unspecified atom stereocenters. The molecule has 0 aliphatic carbocycles. The molecule has 2 heterocycles. The zero-order valence-electron chi connectivity index (χ0n) is 16.6. The lowest BCUT2D eigenvalue weighted by Crippen LogP contribution is -2.55. The maximum atomic E-state index is 4.38. The summed E-state index contributed by atoms with van der Waals surface area (Å²) in [6.45, 7) is 10.0. The van der Waals surface area contributed by atoms with Crippen molar-refractivity contribution in [2.75, 3.05) is 67.0 Å². The predicted octanol–water partition coefficient (Wildman–Crippen LogP) is 1.28. The van der Waals surface area contributed by atoms with Crippen LogP contribution in [0.1, 0.15) is 32.6 Å². The Morgan fingerprint density at radius 2 is 1.88 bits per heavy atom. The normalized spacial score (nSPS) is 27.0. The van der Waals surface area contributed by atoms with Gasteiger partial charge in [0.25, 0.3) is 0 Å². The maximum Gasteiger partial charge on any atom is 0.191 e. The second-order valence-electron chi connectivity index (χ2n) is 7.37. The van der Waals surface area contributed by atoms with Gasteiger partial charge in [0.15, 0.2) is 5.96 Å². The fraction of sp³-hybridized carbons (Fsp3) is 0.944. The summed E-state index contributed by atoms with van der Waals surface area (Å²) in [4.78, 5) is 11.9. The molecular weight excluding hydrogens is 427 g/mol. The largest absolute Gasteiger partial charge is 0.355 e. The van der Waals surface area contributed by atoms with Gasteiger partial charge in [0.05, 0.1) is 0 Å². The van der Waals surface area contributed by atoms with Crippen LogP contribution in [0.3, 0.4) is 0 Å². The van der Waals surface area contributed by atoms with E-state index >= 15 is 0 Å². The van der Waals surface area contributed by atoms with E-state index in [0.717, 1.165) is 51.3 Å². The van der Waals surface area contributed by atoms with Crippen molar-refractivity contribution in [3.63, 3.8) is 0 Å². The van der Waals surface area contributed by atoms with Gasteiger partial charge >= 0.3 is 0 Å². The molecule has 0 radical (unpaired) electrons. The average molecular weight is 466 g/mol. The zero-order valence-corrected chi connectivity index (χ0v) is 19.0. The fourth-order valence-electron chi connectivity index (χ4n) is 3.89. The molecule has 2 fully saturated rings. The highest BCUT2D eigenvalue weighted by atomic mass is 127. The van der Waals surface area contributed by atoms with Crippen molar-refractivity contribution >= 4 is 29.9 Å². The number of piperazine rings is 1. The molecule has 2 rings (SSSR count). The van der Waals surface area contributed by atoms with E-state index in [-0.39, 0.29) is 24.0 Å². The monoisotopic (exact) mass is 466 g/mol. The van der Waals surface area contributed by atoms with Gasteiger partial charge in [0.1, 0.15) is 0 Å². The first kappa shape index (κ1) is 22.9. The third-order valence-electron chi connectivity index (χ3n) is 5.62. The van der Waals surface area contributed by atoms with Crippen molar-refractivity contribution in [1.82, 2.24) is 25.3 Å². The Labute approximate surface area is 171 Å². The van der Waals surface area contributed by atoms with Crippen LogP contribution in [-0.2, 0) is 0 Å². The Balaban J connectivity index is 0.00000312. The molecule has 148 valence electrons. The van der Waals surface area contributed by atoms with Crippen LogP contribution >= 0.6 is 24.0 Å². The van der Waals surface area contributed by atoms with Crippen LogP contribution in [-0.4, -0.2) is 99.7 Å². The van der Waals surface area contributed by atoms with E-state index in [0.29, 0.717) is 6.04 Å². The van der Waals surface area contributed by atoms with Crippen molar-refractivity contribution in [2.45, 2.75) is 44.7 Å². The number of halogens is 1. The van der Waals surface area contributed by atoms with E-state index in [4.69, 9.17) is 0 Å². The molecule has 0 saturated carbocycles. The van der Waals surface area contributed by atoms with Crippen LogP contribution in [0.25, 0.3) is 0 Å². The van der Waals surface area contributed by atoms with Crippen molar-refractivity contribution in [1.29, 1.82) is 0 Å². The summed E-state index contributed by atoms with van der Waals surface area (Å²) in [5, 5.41) is 7.00. The number of nitrogens with zero attached hydrogens (tertiary/aromatic N) is 4. The van der Waals surface area contributed by atoms with Gasteiger partial charge in [-0.15, -0.1) is 24.0 Å². The summed E-state index contributed by atoms with van der Waals surface area (Å²) in [6.07, 6.45) is 5.39. The number of rotatable bonds is 6. The van der Waals surface area contributed by atoms with Crippen LogP contribution in [0.5, 0.6) is 0 Å². The molecule has 25 heavy (non-hydrogen) atoms. The molecule has 2 aliphatic rings. The van der Waals surface area contributed by atoms with Crippen LogP contribution in [0.2, 0.25) is 0 Å². The first-order valence-corrected chi connectivity index (χ1v) is 9.71. The highest BCUT2D eigenvalue weighted by Gasteiger charge is 2.22. The second-order valence-corrected chi connectivity index (χ2v) is 7.37. The lowest BCUT2D eigenvalue weighted by molar-refractivity contribution is 0.116. The van der Waals surface area contributed by atoms with Crippen molar-refractivity contribution < 1.29 is 0 Å². The van der Waals surface area contributed by atoms with Gasteiger partial charge in [-0.05, 0) is 39.9 Å². The highest BCUT2D eigenvalue weighted by Crippen LogP contribution is 2.18. The van der Waals surface area contributed by atoms with Gasteiger partial charge in [-0.2, -0.15) is 0 Å². The number of likely N-dealkylation sites (tertiary alicyclic amines) is 1. The SMILES string of the molecule is CCC1CCCCN1CCNC(=NC)NCC1CN(C)CCN1C.I. The molecular formula is C18H39IN6. The van der Waals surface area contributed by atoms with Crippen molar-refractivity contribution in [2.24, 2.45) is 4.99 Å². The molecule has 2 atom stereocenters. The number of nitrogens with one attached hydrogen (secondary N) is 2. The smallest absolute Gasteiger partial charge is 0.191 e. The average Bonchev–Trinajstić information content (AvgIpc) is 2.61. The molecule has 2 N–H and O–H groups in total. The summed E-state index contributed by atoms with van der Waals surface area (Å²) in [5.41, 5.74) is 0. The van der Waals surface area contributed by atoms with E-state index in [9.17, 15) is 0 Å². The Morgan fingerprint density at radius 1 is 1.08 bits per heavy atom. The number of hydrogen-bond acceptors (Lipinski definition) is 4. The Bertz CT molecular complexity index is 392. The molecule has 0 aromatic heterocycles. The van der Waals surface area contributed by atoms with Gasteiger partial charge in [-0.1, -0.05) is 13.3 Å². The van der Waals surface area contributed by atoms with Gasteiger partial charge < -0.3 is 15.5 Å². The summed E-state index contributed by atoms with van der Waals surface area (Å²) in [7, 11) is 6.29. The number of piperidine rings is 1. The quantitative estimate of drug-likeness (QED) is 0.351. The summed E-state index contributed by atoms with van der Waals surface area (Å²) in [6, 6.07) is 1.33. The van der Waals surface area contributed by atoms with Crippen LogP contribution in [0.15, 0.2) is 4.99 Å². The molecule has 0 amide bonds. The van der Waals surface area contributed by atoms with E-state index in [1.807, 2.05) is 7.05 Å². The summed E-state index contributed by atoms with van der Waals surface area (Å²) < 4.78 is 0. The van der Waals surface area contributed by atoms with E-state index < -0.39 is 0 Å². The number of hydrogen-bond donors (Lipinski definition) is 2. The van der Waals surface area contributed by atoms with Crippen molar-refractivity contribution in [3.8, 4) is 0 Å². The minimum absolute atomic E-state index is 0. The fourth-order valence-corrected chi connectivity index (χ4v) is 3.89.